The molecule has 16 heavy (non-hydrogen) atoms. The molecule has 0 aliphatic heterocycles. The van der Waals surface area contributed by atoms with E-state index >= 15 is 0 Å². The molecule has 5 heteroatoms. The van der Waals surface area contributed by atoms with E-state index in [-0.39, 0.29) is 4.90 Å². The molecule has 1 rings (SSSR count). The van der Waals surface area contributed by atoms with E-state index in [0.717, 1.165) is 5.56 Å². The summed E-state index contributed by atoms with van der Waals surface area (Å²) in [6.07, 6.45) is 1.17. The van der Waals surface area contributed by atoms with Crippen molar-refractivity contribution >= 4 is 9.84 Å². The van der Waals surface area contributed by atoms with Gasteiger partial charge < -0.3 is 9.47 Å². The number of hydrogen-bond donors (Lipinski definition) is 0. The molecule has 0 amide bonds. The maximum absolute atomic E-state index is 11.5. The fraction of sp³-hybridized carbons (Fsp3) is 0.455. The second-order valence-electron chi connectivity index (χ2n) is 3.56. The zero-order valence-electron chi connectivity index (χ0n) is 9.69. The Hall–Kier alpha value is -1.07. The first-order chi connectivity index (χ1) is 7.45. The Morgan fingerprint density at radius 2 is 1.94 bits per heavy atom. The monoisotopic (exact) mass is 244 g/mol. The van der Waals surface area contributed by atoms with Crippen molar-refractivity contribution in [2.75, 3.05) is 26.6 Å². The first-order valence-corrected chi connectivity index (χ1v) is 6.76. The van der Waals surface area contributed by atoms with E-state index in [0.29, 0.717) is 19.0 Å². The topological polar surface area (TPSA) is 52.6 Å². The molecule has 0 aliphatic carbocycles. The highest BCUT2D eigenvalue weighted by Gasteiger charge is 2.14. The number of hydrogen-bond acceptors (Lipinski definition) is 4. The fourth-order valence-corrected chi connectivity index (χ4v) is 2.15. The van der Waals surface area contributed by atoms with Crippen molar-refractivity contribution in [3.05, 3.63) is 23.8 Å². The molecule has 0 N–H and O–H groups in total. The molecule has 0 radical (unpaired) electrons. The number of methoxy groups -OCH3 is 1. The highest BCUT2D eigenvalue weighted by molar-refractivity contribution is 7.90. The zero-order valence-corrected chi connectivity index (χ0v) is 10.5. The van der Waals surface area contributed by atoms with Crippen LogP contribution in [-0.4, -0.2) is 35.0 Å². The third-order valence-corrected chi connectivity index (χ3v) is 3.16. The number of sulfone groups is 1. The van der Waals surface area contributed by atoms with Crippen molar-refractivity contribution in [2.24, 2.45) is 0 Å². The molecule has 0 bridgehead atoms. The highest BCUT2D eigenvalue weighted by atomic mass is 32.2. The summed E-state index contributed by atoms with van der Waals surface area (Å²) in [6.45, 7) is 2.60. The highest BCUT2D eigenvalue weighted by Crippen LogP contribution is 2.24. The van der Waals surface area contributed by atoms with Crippen molar-refractivity contribution in [3.8, 4) is 5.75 Å². The summed E-state index contributed by atoms with van der Waals surface area (Å²) in [5.74, 6) is 0.380. The van der Waals surface area contributed by atoms with Crippen LogP contribution in [0.4, 0.5) is 0 Å². The standard InChI is InChI=1S/C11H16O4S/c1-9-4-5-10(15-7-6-14-2)11(8-9)16(3,12)13/h4-5,8H,6-7H2,1-3H3. The number of rotatable bonds is 5. The maximum atomic E-state index is 11.5. The number of benzene rings is 1. The molecule has 0 fully saturated rings. The molecule has 1 aromatic rings. The predicted molar refractivity (Wildman–Crippen MR) is 61.7 cm³/mol. The molecule has 90 valence electrons. The molecular formula is C11H16O4S. The summed E-state index contributed by atoms with van der Waals surface area (Å²) in [4.78, 5) is 0.226. The lowest BCUT2D eigenvalue weighted by molar-refractivity contribution is 0.144. The molecule has 1 aromatic carbocycles. The summed E-state index contributed by atoms with van der Waals surface area (Å²) in [5.41, 5.74) is 0.888. The van der Waals surface area contributed by atoms with Crippen molar-refractivity contribution in [1.82, 2.24) is 0 Å². The van der Waals surface area contributed by atoms with E-state index in [1.54, 1.807) is 19.2 Å². The molecule has 0 aliphatic rings. The number of aryl methyl sites for hydroxylation is 1. The Morgan fingerprint density at radius 1 is 1.25 bits per heavy atom. The van der Waals surface area contributed by atoms with Gasteiger partial charge in [-0.2, -0.15) is 0 Å². The number of ether oxygens (including phenoxy) is 2. The lowest BCUT2D eigenvalue weighted by atomic mass is 10.2. The largest absolute Gasteiger partial charge is 0.490 e. The van der Waals surface area contributed by atoms with Crippen LogP contribution in [0.1, 0.15) is 5.56 Å². The third kappa shape index (κ3) is 3.50. The molecule has 0 aromatic heterocycles. The van der Waals surface area contributed by atoms with Crippen LogP contribution in [0.15, 0.2) is 23.1 Å². The summed E-state index contributed by atoms with van der Waals surface area (Å²) in [5, 5.41) is 0. The molecule has 0 saturated carbocycles. The van der Waals surface area contributed by atoms with Crippen LogP contribution in [0.5, 0.6) is 5.75 Å². The van der Waals surface area contributed by atoms with E-state index in [4.69, 9.17) is 9.47 Å². The van der Waals surface area contributed by atoms with Crippen molar-refractivity contribution in [3.63, 3.8) is 0 Å². The summed E-state index contributed by atoms with van der Waals surface area (Å²) < 4.78 is 33.2. The molecule has 4 nitrogen and oxygen atoms in total. The van der Waals surface area contributed by atoms with E-state index in [1.807, 2.05) is 13.0 Å². The first kappa shape index (κ1) is 13.0. The van der Waals surface area contributed by atoms with Gasteiger partial charge in [0.1, 0.15) is 17.3 Å². The van der Waals surface area contributed by atoms with Gasteiger partial charge in [-0.15, -0.1) is 0 Å². The van der Waals surface area contributed by atoms with Crippen molar-refractivity contribution in [2.45, 2.75) is 11.8 Å². The van der Waals surface area contributed by atoms with Gasteiger partial charge in [-0.1, -0.05) is 6.07 Å². The van der Waals surface area contributed by atoms with Gasteiger partial charge in [-0.05, 0) is 24.6 Å². The minimum atomic E-state index is -3.26. The Balaban J connectivity index is 2.99. The minimum Gasteiger partial charge on any atom is -0.490 e. The normalized spacial score (nSPS) is 11.4. The Kier molecular flexibility index (Phi) is 4.32. The SMILES string of the molecule is COCCOc1ccc(C)cc1S(C)(=O)=O. The summed E-state index contributed by atoms with van der Waals surface area (Å²) in [7, 11) is -1.69. The van der Waals surface area contributed by atoms with Crippen LogP contribution < -0.4 is 4.74 Å². The summed E-state index contributed by atoms with van der Waals surface area (Å²) >= 11 is 0. The van der Waals surface area contributed by atoms with E-state index in [1.165, 1.54) is 6.26 Å². The first-order valence-electron chi connectivity index (χ1n) is 4.87. The Bertz CT molecular complexity index is 451. The quantitative estimate of drug-likeness (QED) is 0.735. The van der Waals surface area contributed by atoms with Gasteiger partial charge in [0.15, 0.2) is 9.84 Å². The Labute approximate surface area is 96.1 Å². The van der Waals surface area contributed by atoms with Gasteiger partial charge in [0.25, 0.3) is 0 Å². The van der Waals surface area contributed by atoms with Crippen LogP contribution in [0.25, 0.3) is 0 Å². The lowest BCUT2D eigenvalue weighted by Crippen LogP contribution is -2.08. The van der Waals surface area contributed by atoms with E-state index in [9.17, 15) is 8.42 Å². The van der Waals surface area contributed by atoms with Gasteiger partial charge in [0.2, 0.25) is 0 Å². The van der Waals surface area contributed by atoms with Gasteiger partial charge in [0.05, 0.1) is 6.61 Å². The Morgan fingerprint density at radius 3 is 2.50 bits per heavy atom. The minimum absolute atomic E-state index is 0.226. The average molecular weight is 244 g/mol. The third-order valence-electron chi connectivity index (χ3n) is 2.04. The van der Waals surface area contributed by atoms with Crippen LogP contribution in [0, 0.1) is 6.92 Å². The molecule has 0 atom stereocenters. The van der Waals surface area contributed by atoms with Gasteiger partial charge >= 0.3 is 0 Å². The van der Waals surface area contributed by atoms with Gasteiger partial charge in [-0.25, -0.2) is 8.42 Å². The fourth-order valence-electron chi connectivity index (χ4n) is 1.26. The van der Waals surface area contributed by atoms with E-state index < -0.39 is 9.84 Å². The maximum Gasteiger partial charge on any atom is 0.179 e. The van der Waals surface area contributed by atoms with Crippen LogP contribution in [0.3, 0.4) is 0 Å². The second kappa shape index (κ2) is 5.32. The second-order valence-corrected chi connectivity index (χ2v) is 5.55. The molecule has 0 unspecified atom stereocenters. The molecular weight excluding hydrogens is 228 g/mol. The lowest BCUT2D eigenvalue weighted by Gasteiger charge is -2.10. The smallest absolute Gasteiger partial charge is 0.179 e. The van der Waals surface area contributed by atoms with Gasteiger partial charge in [0, 0.05) is 13.4 Å². The molecule has 0 saturated heterocycles. The molecule has 0 heterocycles. The van der Waals surface area contributed by atoms with Crippen LogP contribution >= 0.6 is 0 Å². The zero-order chi connectivity index (χ0) is 12.2. The average Bonchev–Trinajstić information content (AvgIpc) is 2.19. The van der Waals surface area contributed by atoms with Crippen LogP contribution in [0.2, 0.25) is 0 Å². The van der Waals surface area contributed by atoms with Crippen molar-refractivity contribution < 1.29 is 17.9 Å². The predicted octanol–water partition coefficient (Wildman–Crippen LogP) is 1.42. The summed E-state index contributed by atoms with van der Waals surface area (Å²) in [6, 6.07) is 5.09. The van der Waals surface area contributed by atoms with Crippen molar-refractivity contribution in [1.29, 1.82) is 0 Å². The molecule has 0 spiro atoms. The van der Waals surface area contributed by atoms with Crippen LogP contribution in [-0.2, 0) is 14.6 Å². The van der Waals surface area contributed by atoms with E-state index in [2.05, 4.69) is 0 Å². The van der Waals surface area contributed by atoms with Gasteiger partial charge in [-0.3, -0.25) is 0 Å².